The summed E-state index contributed by atoms with van der Waals surface area (Å²) in [5.74, 6) is 0.234. The Morgan fingerprint density at radius 3 is 2.23 bits per heavy atom. The molecule has 0 radical (unpaired) electrons. The maximum atomic E-state index is 12.3. The Labute approximate surface area is 153 Å². The zero-order valence-electron chi connectivity index (χ0n) is 15.3. The van der Waals surface area contributed by atoms with Crippen LogP contribution in [-0.4, -0.2) is 56.0 Å². The van der Waals surface area contributed by atoms with E-state index in [-0.39, 0.29) is 11.8 Å². The van der Waals surface area contributed by atoms with Crippen molar-refractivity contribution in [2.24, 2.45) is 0 Å². The summed E-state index contributed by atoms with van der Waals surface area (Å²) < 4.78 is 5.10. The molecule has 0 fully saturated rings. The first kappa shape index (κ1) is 19.4. The topological polar surface area (TPSA) is 83.6 Å². The minimum atomic E-state index is -0.281. The van der Waals surface area contributed by atoms with E-state index in [9.17, 15) is 9.59 Å². The molecule has 7 heteroatoms. The van der Waals surface area contributed by atoms with Crippen molar-refractivity contribution in [1.29, 1.82) is 0 Å². The van der Waals surface area contributed by atoms with E-state index in [2.05, 4.69) is 15.6 Å². The van der Waals surface area contributed by atoms with E-state index in [0.29, 0.717) is 24.2 Å². The molecule has 0 unspecified atom stereocenters. The Morgan fingerprint density at radius 1 is 1.04 bits per heavy atom. The minimum absolute atomic E-state index is 0.246. The van der Waals surface area contributed by atoms with E-state index in [0.717, 1.165) is 17.9 Å². The number of nitrogens with zero attached hydrogens (tertiary/aromatic N) is 2. The van der Waals surface area contributed by atoms with Crippen molar-refractivity contribution in [3.05, 3.63) is 59.4 Å². The maximum Gasteiger partial charge on any atom is 0.253 e. The van der Waals surface area contributed by atoms with Crippen LogP contribution in [-0.2, 0) is 6.54 Å². The molecule has 2 rings (SSSR count). The highest BCUT2D eigenvalue weighted by molar-refractivity contribution is 5.99. The number of amides is 2. The summed E-state index contributed by atoms with van der Waals surface area (Å²) in [6.45, 7) is 1.64. The first-order valence-corrected chi connectivity index (χ1v) is 8.28. The van der Waals surface area contributed by atoms with Gasteiger partial charge in [-0.2, -0.15) is 0 Å². The van der Waals surface area contributed by atoms with Gasteiger partial charge in [-0.05, 0) is 37.9 Å². The highest BCUT2D eigenvalue weighted by atomic mass is 16.5. The summed E-state index contributed by atoms with van der Waals surface area (Å²) in [5.41, 5.74) is 1.66. The number of nitrogens with one attached hydrogen (secondary N) is 2. The van der Waals surface area contributed by atoms with Gasteiger partial charge in [0.2, 0.25) is 0 Å². The maximum absolute atomic E-state index is 12.3. The lowest BCUT2D eigenvalue weighted by atomic mass is 10.1. The predicted octanol–water partition coefficient (Wildman–Crippen LogP) is 1.31. The second-order valence-electron chi connectivity index (χ2n) is 6.05. The summed E-state index contributed by atoms with van der Waals surface area (Å²) in [6.07, 6.45) is 2.89. The Bertz CT molecular complexity index is 745. The van der Waals surface area contributed by atoms with Gasteiger partial charge in [0.15, 0.2) is 0 Å². The van der Waals surface area contributed by atoms with Gasteiger partial charge in [0.05, 0.1) is 18.2 Å². The number of methoxy groups -OCH3 is 1. The van der Waals surface area contributed by atoms with Crippen molar-refractivity contribution in [2.45, 2.75) is 6.54 Å². The molecule has 0 aliphatic heterocycles. The number of aromatic nitrogens is 1. The van der Waals surface area contributed by atoms with Crippen molar-refractivity contribution in [1.82, 2.24) is 20.5 Å². The second kappa shape index (κ2) is 9.53. The number of hydrogen-bond acceptors (Lipinski definition) is 5. The van der Waals surface area contributed by atoms with Crippen molar-refractivity contribution in [3.8, 4) is 5.75 Å². The summed E-state index contributed by atoms with van der Waals surface area (Å²) >= 11 is 0. The van der Waals surface area contributed by atoms with Crippen molar-refractivity contribution < 1.29 is 14.3 Å². The van der Waals surface area contributed by atoms with E-state index in [1.807, 2.05) is 43.3 Å². The third-order valence-electron chi connectivity index (χ3n) is 3.72. The number of carbonyl (C=O) groups excluding carboxylic acids is 2. The highest BCUT2D eigenvalue weighted by Gasteiger charge is 2.11. The second-order valence-corrected chi connectivity index (χ2v) is 6.05. The molecule has 0 saturated carbocycles. The Kier molecular flexibility index (Phi) is 7.11. The number of hydrogen-bond donors (Lipinski definition) is 2. The lowest BCUT2D eigenvalue weighted by molar-refractivity contribution is 0.0950. The molecule has 1 aromatic heterocycles. The summed E-state index contributed by atoms with van der Waals surface area (Å²) in [6, 6.07) is 8.97. The largest absolute Gasteiger partial charge is 0.497 e. The molecule has 0 bridgehead atoms. The van der Waals surface area contributed by atoms with Crippen LogP contribution in [0.4, 0.5) is 0 Å². The van der Waals surface area contributed by atoms with Crippen LogP contribution < -0.4 is 15.4 Å². The fourth-order valence-corrected chi connectivity index (χ4v) is 2.21. The monoisotopic (exact) mass is 356 g/mol. The van der Waals surface area contributed by atoms with Gasteiger partial charge in [-0.3, -0.25) is 14.6 Å². The molecule has 0 aliphatic carbocycles. The fraction of sp³-hybridized carbons (Fsp3) is 0.316. The SMILES string of the molecule is COc1ccc(CNC(=O)c2cncc(C(=O)NCCN(C)C)c2)cc1. The zero-order valence-corrected chi connectivity index (χ0v) is 15.3. The van der Waals surface area contributed by atoms with Gasteiger partial charge < -0.3 is 20.3 Å². The van der Waals surface area contributed by atoms with Crippen LogP contribution in [0.5, 0.6) is 5.75 Å². The molecule has 2 aromatic rings. The van der Waals surface area contributed by atoms with Crippen molar-refractivity contribution in [2.75, 3.05) is 34.3 Å². The molecule has 0 atom stereocenters. The number of ether oxygens (including phenoxy) is 1. The van der Waals surface area contributed by atoms with Crippen LogP contribution >= 0.6 is 0 Å². The lowest BCUT2D eigenvalue weighted by Gasteiger charge is -2.11. The third-order valence-corrected chi connectivity index (χ3v) is 3.72. The zero-order chi connectivity index (χ0) is 18.9. The number of likely N-dealkylation sites (N-methyl/N-ethyl adjacent to an activating group) is 1. The molecule has 0 aliphatic rings. The Hall–Kier alpha value is -2.93. The molecule has 1 heterocycles. The van der Waals surface area contributed by atoms with Gasteiger partial charge in [-0.25, -0.2) is 0 Å². The standard InChI is InChI=1S/C19H24N4O3/c1-23(2)9-8-21-18(24)15-10-16(13-20-12-15)19(25)22-11-14-4-6-17(26-3)7-5-14/h4-7,10,12-13H,8-9,11H2,1-3H3,(H,21,24)(H,22,25). The predicted molar refractivity (Wildman–Crippen MR) is 99.3 cm³/mol. The molecule has 2 amide bonds. The van der Waals surface area contributed by atoms with Crippen LogP contribution in [0.1, 0.15) is 26.3 Å². The molecule has 2 N–H and O–H groups in total. The Morgan fingerprint density at radius 2 is 1.65 bits per heavy atom. The smallest absolute Gasteiger partial charge is 0.253 e. The van der Waals surface area contributed by atoms with Crippen molar-refractivity contribution in [3.63, 3.8) is 0 Å². The molecular formula is C19H24N4O3. The highest BCUT2D eigenvalue weighted by Crippen LogP contribution is 2.11. The average molecular weight is 356 g/mol. The number of carbonyl (C=O) groups is 2. The molecule has 26 heavy (non-hydrogen) atoms. The number of benzene rings is 1. The quantitative estimate of drug-likeness (QED) is 0.745. The molecule has 7 nitrogen and oxygen atoms in total. The first-order valence-electron chi connectivity index (χ1n) is 8.28. The Balaban J connectivity index is 1.93. The van der Waals surface area contributed by atoms with E-state index >= 15 is 0 Å². The van der Waals surface area contributed by atoms with E-state index < -0.39 is 0 Å². The van der Waals surface area contributed by atoms with Crippen LogP contribution in [0, 0.1) is 0 Å². The average Bonchev–Trinajstić information content (AvgIpc) is 2.66. The molecule has 1 aromatic carbocycles. The van der Waals surface area contributed by atoms with Crippen LogP contribution in [0.25, 0.3) is 0 Å². The lowest BCUT2D eigenvalue weighted by Crippen LogP contribution is -2.31. The first-order chi connectivity index (χ1) is 12.5. The number of pyridine rings is 1. The van der Waals surface area contributed by atoms with Gasteiger partial charge in [-0.15, -0.1) is 0 Å². The fourth-order valence-electron chi connectivity index (χ4n) is 2.21. The number of rotatable bonds is 8. The molecular weight excluding hydrogens is 332 g/mol. The normalized spacial score (nSPS) is 10.5. The van der Waals surface area contributed by atoms with E-state index in [1.54, 1.807) is 13.2 Å². The van der Waals surface area contributed by atoms with Crippen LogP contribution in [0.3, 0.4) is 0 Å². The molecule has 0 spiro atoms. The van der Waals surface area contributed by atoms with E-state index in [4.69, 9.17) is 4.74 Å². The summed E-state index contributed by atoms with van der Waals surface area (Å²) in [4.78, 5) is 30.4. The van der Waals surface area contributed by atoms with Gasteiger partial charge in [0.1, 0.15) is 5.75 Å². The van der Waals surface area contributed by atoms with Crippen LogP contribution in [0.15, 0.2) is 42.7 Å². The van der Waals surface area contributed by atoms with Crippen molar-refractivity contribution >= 4 is 11.8 Å². The van der Waals surface area contributed by atoms with Gasteiger partial charge in [0, 0.05) is 32.0 Å². The van der Waals surface area contributed by atoms with Gasteiger partial charge in [0.25, 0.3) is 11.8 Å². The van der Waals surface area contributed by atoms with Crippen LogP contribution in [0.2, 0.25) is 0 Å². The third kappa shape index (κ3) is 5.86. The minimum Gasteiger partial charge on any atom is -0.497 e. The van der Waals surface area contributed by atoms with E-state index in [1.165, 1.54) is 12.4 Å². The molecule has 0 saturated heterocycles. The van der Waals surface area contributed by atoms with Gasteiger partial charge >= 0.3 is 0 Å². The van der Waals surface area contributed by atoms with Gasteiger partial charge in [-0.1, -0.05) is 12.1 Å². The summed E-state index contributed by atoms with van der Waals surface area (Å²) in [7, 11) is 5.47. The summed E-state index contributed by atoms with van der Waals surface area (Å²) in [5, 5.41) is 5.62. The molecule has 138 valence electrons.